The van der Waals surface area contributed by atoms with E-state index in [9.17, 15) is 9.90 Å². The van der Waals surface area contributed by atoms with Crippen molar-refractivity contribution < 1.29 is 9.90 Å². The van der Waals surface area contributed by atoms with Gasteiger partial charge in [0.2, 0.25) is 0 Å². The van der Waals surface area contributed by atoms with Crippen LogP contribution in [-0.2, 0) is 0 Å². The van der Waals surface area contributed by atoms with Gasteiger partial charge < -0.3 is 10.0 Å². The number of hydrogen-bond donors (Lipinski definition) is 1. The van der Waals surface area contributed by atoms with E-state index in [1.807, 2.05) is 18.2 Å². The largest absolute Gasteiger partial charge is 0.478 e. The summed E-state index contributed by atoms with van der Waals surface area (Å²) in [6, 6.07) is 7.50. The standard InChI is InChI=1S/C14H17NO2/c16-14(17)12-4-2-1-3-11(12)13-9-15-7-5-10(13)6-8-15/h1-4,10,13H,5-9H2,(H,16,17). The Bertz CT molecular complexity index is 436. The lowest BCUT2D eigenvalue weighted by atomic mass is 9.74. The summed E-state index contributed by atoms with van der Waals surface area (Å²) >= 11 is 0. The lowest BCUT2D eigenvalue weighted by Gasteiger charge is -2.45. The fourth-order valence-electron chi connectivity index (χ4n) is 3.33. The fraction of sp³-hybridized carbons (Fsp3) is 0.500. The van der Waals surface area contributed by atoms with Crippen molar-refractivity contribution in [3.05, 3.63) is 35.4 Å². The first-order valence-electron chi connectivity index (χ1n) is 6.30. The minimum Gasteiger partial charge on any atom is -0.478 e. The van der Waals surface area contributed by atoms with Gasteiger partial charge in [0.15, 0.2) is 0 Å². The number of fused-ring (bicyclic) bond motifs is 3. The van der Waals surface area contributed by atoms with Gasteiger partial charge >= 0.3 is 5.97 Å². The maximum absolute atomic E-state index is 11.3. The molecule has 0 spiro atoms. The maximum atomic E-state index is 11.3. The number of carboxylic acids is 1. The van der Waals surface area contributed by atoms with Gasteiger partial charge in [-0.2, -0.15) is 0 Å². The molecule has 3 nitrogen and oxygen atoms in total. The number of benzene rings is 1. The van der Waals surface area contributed by atoms with Crippen molar-refractivity contribution in [2.45, 2.75) is 18.8 Å². The molecule has 1 aromatic carbocycles. The van der Waals surface area contributed by atoms with Gasteiger partial charge in [0.25, 0.3) is 0 Å². The molecule has 3 aliphatic rings. The van der Waals surface area contributed by atoms with Crippen LogP contribution < -0.4 is 0 Å². The van der Waals surface area contributed by atoms with Crippen molar-refractivity contribution in [3.8, 4) is 0 Å². The van der Waals surface area contributed by atoms with E-state index >= 15 is 0 Å². The Kier molecular flexibility index (Phi) is 2.63. The first kappa shape index (κ1) is 10.8. The van der Waals surface area contributed by atoms with Crippen LogP contribution in [0.15, 0.2) is 24.3 Å². The summed E-state index contributed by atoms with van der Waals surface area (Å²) in [7, 11) is 0. The molecular weight excluding hydrogens is 214 g/mol. The highest BCUT2D eigenvalue weighted by atomic mass is 16.4. The number of hydrogen-bond acceptors (Lipinski definition) is 2. The maximum Gasteiger partial charge on any atom is 0.335 e. The summed E-state index contributed by atoms with van der Waals surface area (Å²) in [6.45, 7) is 3.42. The molecule has 1 unspecified atom stereocenters. The van der Waals surface area contributed by atoms with Gasteiger partial charge in [0.1, 0.15) is 0 Å². The molecule has 3 heteroatoms. The molecule has 3 saturated heterocycles. The molecule has 1 N–H and O–H groups in total. The third-order valence-electron chi connectivity index (χ3n) is 4.25. The monoisotopic (exact) mass is 231 g/mol. The zero-order chi connectivity index (χ0) is 11.8. The van der Waals surface area contributed by atoms with Crippen LogP contribution in [0.2, 0.25) is 0 Å². The van der Waals surface area contributed by atoms with Gasteiger partial charge in [-0.3, -0.25) is 0 Å². The number of nitrogens with zero attached hydrogens (tertiary/aromatic N) is 1. The summed E-state index contributed by atoms with van der Waals surface area (Å²) in [5.74, 6) is 0.308. The summed E-state index contributed by atoms with van der Waals surface area (Å²) in [5.41, 5.74) is 1.53. The van der Waals surface area contributed by atoms with Crippen molar-refractivity contribution in [1.82, 2.24) is 4.90 Å². The number of rotatable bonds is 2. The predicted octanol–water partition coefficient (Wildman–Crippen LogP) is 2.19. The van der Waals surface area contributed by atoms with E-state index in [2.05, 4.69) is 4.90 Å². The molecule has 90 valence electrons. The molecule has 17 heavy (non-hydrogen) atoms. The van der Waals surface area contributed by atoms with Gasteiger partial charge in [0, 0.05) is 12.5 Å². The molecule has 3 fully saturated rings. The van der Waals surface area contributed by atoms with Crippen LogP contribution in [0.5, 0.6) is 0 Å². The van der Waals surface area contributed by atoms with Gasteiger partial charge in [0.05, 0.1) is 5.56 Å². The second-order valence-corrected chi connectivity index (χ2v) is 5.14. The summed E-state index contributed by atoms with van der Waals surface area (Å²) in [6.07, 6.45) is 2.44. The quantitative estimate of drug-likeness (QED) is 0.848. The molecule has 3 aliphatic heterocycles. The molecule has 0 saturated carbocycles. The highest BCUT2D eigenvalue weighted by Crippen LogP contribution is 2.39. The zero-order valence-electron chi connectivity index (χ0n) is 9.80. The Morgan fingerprint density at radius 1 is 1.24 bits per heavy atom. The van der Waals surface area contributed by atoms with Crippen LogP contribution in [0.1, 0.15) is 34.7 Å². The van der Waals surface area contributed by atoms with Crippen LogP contribution in [0, 0.1) is 5.92 Å². The van der Waals surface area contributed by atoms with Crippen molar-refractivity contribution in [3.63, 3.8) is 0 Å². The molecule has 0 radical (unpaired) electrons. The molecule has 0 amide bonds. The topological polar surface area (TPSA) is 40.5 Å². The van der Waals surface area contributed by atoms with E-state index in [-0.39, 0.29) is 0 Å². The van der Waals surface area contributed by atoms with Gasteiger partial charge in [-0.1, -0.05) is 18.2 Å². The second-order valence-electron chi connectivity index (χ2n) is 5.14. The lowest BCUT2D eigenvalue weighted by molar-refractivity contribution is 0.0680. The van der Waals surface area contributed by atoms with E-state index in [1.165, 1.54) is 25.9 Å². The number of carboxylic acid groups (broad SMARTS) is 1. The van der Waals surface area contributed by atoms with E-state index in [1.54, 1.807) is 6.07 Å². The Morgan fingerprint density at radius 2 is 1.94 bits per heavy atom. The Morgan fingerprint density at radius 3 is 2.53 bits per heavy atom. The number of carbonyl (C=O) groups is 1. The van der Waals surface area contributed by atoms with Crippen molar-refractivity contribution in [2.24, 2.45) is 5.92 Å². The van der Waals surface area contributed by atoms with Crippen molar-refractivity contribution in [1.29, 1.82) is 0 Å². The molecule has 1 aromatic rings. The minimum absolute atomic E-state index is 0.421. The lowest BCUT2D eigenvalue weighted by Crippen LogP contribution is -2.46. The molecular formula is C14H17NO2. The fourth-order valence-corrected chi connectivity index (χ4v) is 3.33. The SMILES string of the molecule is O=C(O)c1ccccc1C1CN2CCC1CC2. The minimum atomic E-state index is -0.794. The highest BCUT2D eigenvalue weighted by Gasteiger charge is 2.36. The third-order valence-corrected chi connectivity index (χ3v) is 4.25. The van der Waals surface area contributed by atoms with Crippen molar-refractivity contribution in [2.75, 3.05) is 19.6 Å². The average Bonchev–Trinajstić information content (AvgIpc) is 2.40. The Hall–Kier alpha value is -1.35. The van der Waals surface area contributed by atoms with Crippen molar-refractivity contribution >= 4 is 5.97 Å². The molecule has 4 rings (SSSR count). The Balaban J connectivity index is 1.96. The first-order chi connectivity index (χ1) is 8.25. The average molecular weight is 231 g/mol. The van der Waals surface area contributed by atoms with Gasteiger partial charge in [-0.25, -0.2) is 4.79 Å². The molecule has 2 bridgehead atoms. The Labute approximate surface area is 101 Å². The number of aromatic carboxylic acids is 1. The van der Waals surface area contributed by atoms with Crippen LogP contribution >= 0.6 is 0 Å². The molecule has 3 heterocycles. The molecule has 0 aliphatic carbocycles. The van der Waals surface area contributed by atoms with Gasteiger partial charge in [-0.05, 0) is 43.5 Å². The van der Waals surface area contributed by atoms with Crippen LogP contribution in [-0.4, -0.2) is 35.6 Å². The number of piperidine rings is 3. The third kappa shape index (κ3) is 1.84. The van der Waals surface area contributed by atoms with Crippen LogP contribution in [0.25, 0.3) is 0 Å². The second kappa shape index (κ2) is 4.15. The van der Waals surface area contributed by atoms with Gasteiger partial charge in [-0.15, -0.1) is 0 Å². The van der Waals surface area contributed by atoms with E-state index in [0.717, 1.165) is 12.1 Å². The highest BCUT2D eigenvalue weighted by molar-refractivity contribution is 5.89. The van der Waals surface area contributed by atoms with Crippen LogP contribution in [0.4, 0.5) is 0 Å². The smallest absolute Gasteiger partial charge is 0.335 e. The van der Waals surface area contributed by atoms with Crippen LogP contribution in [0.3, 0.4) is 0 Å². The molecule has 0 aromatic heterocycles. The first-order valence-corrected chi connectivity index (χ1v) is 6.30. The summed E-state index contributed by atoms with van der Waals surface area (Å²) in [4.78, 5) is 13.7. The van der Waals surface area contributed by atoms with E-state index < -0.39 is 5.97 Å². The normalized spacial score (nSPS) is 31.4. The van der Waals surface area contributed by atoms with E-state index in [4.69, 9.17) is 0 Å². The summed E-state index contributed by atoms with van der Waals surface area (Å²) in [5, 5.41) is 9.25. The summed E-state index contributed by atoms with van der Waals surface area (Å²) < 4.78 is 0. The zero-order valence-corrected chi connectivity index (χ0v) is 9.80. The van der Waals surface area contributed by atoms with E-state index in [0.29, 0.717) is 17.4 Å². The predicted molar refractivity (Wildman–Crippen MR) is 65.3 cm³/mol. The molecule has 1 atom stereocenters.